The maximum Gasteiger partial charge on any atom is 0.305 e. The molecule has 1 amide bonds. The Morgan fingerprint density at radius 2 is 1.84 bits per heavy atom. The summed E-state index contributed by atoms with van der Waals surface area (Å²) in [7, 11) is 0. The number of rotatable bonds is 12. The van der Waals surface area contributed by atoms with Crippen molar-refractivity contribution in [3.8, 4) is 11.1 Å². The monoisotopic (exact) mass is 619 g/mol. The number of carbonyl (C=O) groups is 2. The summed E-state index contributed by atoms with van der Waals surface area (Å²) in [4.78, 5) is 45.6. The molecule has 1 aliphatic heterocycles. The van der Waals surface area contributed by atoms with Crippen molar-refractivity contribution in [3.05, 3.63) is 93.5 Å². The first kappa shape index (κ1) is 32.0. The first-order valence-corrected chi connectivity index (χ1v) is 15.2. The Balaban J connectivity index is 1.51. The molecule has 5 rings (SSSR count). The summed E-state index contributed by atoms with van der Waals surface area (Å²) in [5.41, 5.74) is 4.62. The number of hydrogen-bond acceptors (Lipinski definition) is 5. The van der Waals surface area contributed by atoms with Gasteiger partial charge in [0.1, 0.15) is 17.9 Å². The van der Waals surface area contributed by atoms with Crippen molar-refractivity contribution in [1.82, 2.24) is 24.2 Å². The smallest absolute Gasteiger partial charge is 0.305 e. The molecule has 238 valence electrons. The molecule has 1 fully saturated rings. The van der Waals surface area contributed by atoms with Crippen molar-refractivity contribution in [3.63, 3.8) is 0 Å². The van der Waals surface area contributed by atoms with Gasteiger partial charge in [-0.2, -0.15) is 0 Å². The zero-order valence-corrected chi connectivity index (χ0v) is 26.0. The minimum Gasteiger partial charge on any atom is -0.481 e. The normalized spacial score (nSPS) is 15.3. The number of nitrogens with zero attached hydrogens (tertiary/aromatic N) is 4. The van der Waals surface area contributed by atoms with E-state index in [2.05, 4.69) is 10.3 Å². The first-order chi connectivity index (χ1) is 21.4. The first-order valence-electron chi connectivity index (χ1n) is 15.2. The lowest BCUT2D eigenvalue weighted by Crippen LogP contribution is -2.49. The molecule has 0 aliphatic carbocycles. The maximum atomic E-state index is 14.9. The second-order valence-corrected chi connectivity index (χ2v) is 12.4. The number of carboxylic acid groups (broad SMARTS) is 1. The number of likely N-dealkylation sites (tertiary alicyclic amines) is 1. The zero-order chi connectivity index (χ0) is 32.4. The third-order valence-corrected chi connectivity index (χ3v) is 8.38. The number of aliphatic carboxylic acids is 1. The predicted molar refractivity (Wildman–Crippen MR) is 167 cm³/mol. The molecule has 4 aromatic rings. The van der Waals surface area contributed by atoms with E-state index in [0.29, 0.717) is 42.8 Å². The van der Waals surface area contributed by atoms with Gasteiger partial charge in [0, 0.05) is 50.0 Å². The van der Waals surface area contributed by atoms with Crippen molar-refractivity contribution in [2.24, 2.45) is 5.92 Å². The highest BCUT2D eigenvalue weighted by molar-refractivity contribution is 5.84. The van der Waals surface area contributed by atoms with Gasteiger partial charge in [0.05, 0.1) is 12.5 Å². The van der Waals surface area contributed by atoms with Crippen LogP contribution in [0.3, 0.4) is 0 Å². The van der Waals surface area contributed by atoms with Crippen LogP contribution in [0.1, 0.15) is 61.0 Å². The Labute approximate surface area is 260 Å². The number of nitrogens with one attached hydrogen (secondary N) is 1. The van der Waals surface area contributed by atoms with Gasteiger partial charge in [0.15, 0.2) is 5.82 Å². The highest BCUT2D eigenvalue weighted by Gasteiger charge is 2.30. The molecular weight excluding hydrogens is 580 g/mol. The molecule has 11 heteroatoms. The largest absolute Gasteiger partial charge is 0.481 e. The highest BCUT2D eigenvalue weighted by Crippen LogP contribution is 2.33. The number of aromatic nitrogens is 3. The fourth-order valence-electron chi connectivity index (χ4n) is 6.12. The molecule has 9 nitrogen and oxygen atoms in total. The van der Waals surface area contributed by atoms with E-state index < -0.39 is 47.9 Å². The molecule has 1 aromatic carbocycles. The van der Waals surface area contributed by atoms with Crippen LogP contribution >= 0.6 is 0 Å². The van der Waals surface area contributed by atoms with Crippen LogP contribution in [0.25, 0.3) is 16.8 Å². The number of imidazole rings is 1. The second-order valence-electron chi connectivity index (χ2n) is 12.4. The average Bonchev–Trinajstić information content (AvgIpc) is 3.43. The van der Waals surface area contributed by atoms with Crippen LogP contribution < -0.4 is 10.9 Å². The summed E-state index contributed by atoms with van der Waals surface area (Å²) in [6.07, 6.45) is 5.99. The number of carboxylic acids is 1. The molecule has 2 atom stereocenters. The number of benzene rings is 1. The Morgan fingerprint density at radius 3 is 2.49 bits per heavy atom. The Kier molecular flexibility index (Phi) is 9.48. The minimum atomic E-state index is -1.12. The molecule has 4 heterocycles. The number of halogens is 2. The third-order valence-electron chi connectivity index (χ3n) is 8.38. The molecule has 1 aliphatic rings. The number of pyridine rings is 2. The molecule has 2 N–H and O–H groups in total. The number of alkyl halides is 1. The van der Waals surface area contributed by atoms with Crippen LogP contribution in [0.2, 0.25) is 0 Å². The van der Waals surface area contributed by atoms with Gasteiger partial charge in [-0.3, -0.25) is 19.3 Å². The lowest BCUT2D eigenvalue weighted by molar-refractivity contribution is -0.138. The molecule has 0 spiro atoms. The van der Waals surface area contributed by atoms with E-state index in [9.17, 15) is 28.3 Å². The van der Waals surface area contributed by atoms with E-state index in [1.807, 2.05) is 56.9 Å². The van der Waals surface area contributed by atoms with Crippen molar-refractivity contribution in [1.29, 1.82) is 0 Å². The Hall–Kier alpha value is -4.38. The van der Waals surface area contributed by atoms with Gasteiger partial charge in [-0.1, -0.05) is 32.0 Å². The van der Waals surface area contributed by atoms with Crippen LogP contribution in [-0.4, -0.2) is 61.6 Å². The van der Waals surface area contributed by atoms with E-state index in [1.54, 1.807) is 23.0 Å². The van der Waals surface area contributed by atoms with Gasteiger partial charge in [-0.05, 0) is 72.6 Å². The number of fused-ring (bicyclic) bond motifs is 1. The van der Waals surface area contributed by atoms with Crippen LogP contribution in [0, 0.1) is 25.6 Å². The van der Waals surface area contributed by atoms with Crippen LogP contribution in [0.4, 0.5) is 8.78 Å². The number of amides is 1. The van der Waals surface area contributed by atoms with Gasteiger partial charge in [-0.15, -0.1) is 0 Å². The summed E-state index contributed by atoms with van der Waals surface area (Å²) in [5.74, 6) is -2.73. The maximum absolute atomic E-state index is 14.9. The van der Waals surface area contributed by atoms with Gasteiger partial charge < -0.3 is 19.4 Å². The van der Waals surface area contributed by atoms with E-state index in [-0.39, 0.29) is 12.3 Å². The third kappa shape index (κ3) is 7.14. The van der Waals surface area contributed by atoms with Crippen molar-refractivity contribution in [2.45, 2.75) is 65.2 Å². The average molecular weight is 620 g/mol. The van der Waals surface area contributed by atoms with Crippen molar-refractivity contribution in [2.75, 3.05) is 19.6 Å². The Bertz CT molecular complexity index is 1760. The van der Waals surface area contributed by atoms with Crippen molar-refractivity contribution < 1.29 is 23.5 Å². The van der Waals surface area contributed by atoms with E-state index in [4.69, 9.17) is 0 Å². The summed E-state index contributed by atoms with van der Waals surface area (Å²) >= 11 is 0. The van der Waals surface area contributed by atoms with Gasteiger partial charge >= 0.3 is 5.97 Å². The number of carbonyl (C=O) groups excluding carboxylic acids is 1. The lowest BCUT2D eigenvalue weighted by atomic mass is 9.93. The van der Waals surface area contributed by atoms with Crippen LogP contribution in [0.15, 0.2) is 59.9 Å². The molecular formula is C34H39F2N5O4. The molecule has 45 heavy (non-hydrogen) atoms. The summed E-state index contributed by atoms with van der Waals surface area (Å²) < 4.78 is 31.1. The Morgan fingerprint density at radius 1 is 1.13 bits per heavy atom. The van der Waals surface area contributed by atoms with E-state index >= 15 is 0 Å². The SMILES string of the molecule is Cc1cccc(C)c1-c1cc(C(CC(=O)O)NC(=O)[C@@H](CC(C)C)n2cc(CCN3CC(F)C3)cc(F)c2=O)cn2ccnc12. The molecule has 0 saturated carbocycles. The van der Waals surface area contributed by atoms with E-state index in [1.165, 1.54) is 12.3 Å². The number of aryl methyl sites for hydroxylation is 2. The molecule has 0 radical (unpaired) electrons. The topological polar surface area (TPSA) is 109 Å². The highest BCUT2D eigenvalue weighted by atomic mass is 19.1. The molecule has 1 unspecified atom stereocenters. The number of hydrogen-bond donors (Lipinski definition) is 2. The molecule has 0 bridgehead atoms. The molecule has 3 aromatic heterocycles. The lowest BCUT2D eigenvalue weighted by Gasteiger charge is -2.34. The predicted octanol–water partition coefficient (Wildman–Crippen LogP) is 5.03. The fourth-order valence-corrected chi connectivity index (χ4v) is 6.12. The van der Waals surface area contributed by atoms with Crippen LogP contribution in [-0.2, 0) is 16.0 Å². The molecule has 1 saturated heterocycles. The summed E-state index contributed by atoms with van der Waals surface area (Å²) in [5, 5.41) is 12.8. The van der Waals surface area contributed by atoms with Crippen molar-refractivity contribution >= 4 is 17.5 Å². The summed E-state index contributed by atoms with van der Waals surface area (Å²) in [6.45, 7) is 8.91. The van der Waals surface area contributed by atoms with Crippen LogP contribution in [0.5, 0.6) is 0 Å². The van der Waals surface area contributed by atoms with Gasteiger partial charge in [-0.25, -0.2) is 13.8 Å². The van der Waals surface area contributed by atoms with Gasteiger partial charge in [0.2, 0.25) is 5.91 Å². The van der Waals surface area contributed by atoms with E-state index in [0.717, 1.165) is 26.8 Å². The minimum absolute atomic E-state index is 0.0437. The quantitative estimate of drug-likeness (QED) is 0.230. The standard InChI is InChI=1S/C34H39F2N5O4/c1-20(2)12-29(41-16-23(13-27(36)34(41)45)8-10-39-18-25(35)19-39)33(44)38-28(15-30(42)43)24-14-26(32-37-9-11-40(32)17-24)31-21(3)6-5-7-22(31)4/h5-7,9,11,13-14,16-17,20,25,28-29H,8,10,12,15,18-19H2,1-4H3,(H,38,44)(H,42,43)/t28?,29-/m1/s1. The fraction of sp³-hybridized carbons (Fsp3) is 0.412. The van der Waals surface area contributed by atoms with Gasteiger partial charge in [0.25, 0.3) is 5.56 Å². The summed E-state index contributed by atoms with van der Waals surface area (Å²) in [6, 6.07) is 6.93. The zero-order valence-electron chi connectivity index (χ0n) is 26.0. The second kappa shape index (κ2) is 13.3.